The van der Waals surface area contributed by atoms with Crippen LogP contribution in [0.1, 0.15) is 37.8 Å². The van der Waals surface area contributed by atoms with Gasteiger partial charge in [-0.1, -0.05) is 19.3 Å². The van der Waals surface area contributed by atoms with E-state index < -0.39 is 11.9 Å². The Hall–Kier alpha value is -1.53. The maximum atomic E-state index is 12.6. The summed E-state index contributed by atoms with van der Waals surface area (Å²) in [5, 5.41) is 3.00. The van der Waals surface area contributed by atoms with Crippen LogP contribution >= 0.6 is 0 Å². The zero-order chi connectivity index (χ0) is 13.2. The van der Waals surface area contributed by atoms with Gasteiger partial charge in [-0.3, -0.25) is 0 Å². The molecule has 0 spiro atoms. The minimum absolute atomic E-state index is 0.154. The number of nitrogens with two attached hydrogens (primary N) is 1. The SMILES string of the molecule is Nc1nc(NC2CCCCC2)cc(C(F)(F)F)n1. The highest BCUT2D eigenvalue weighted by atomic mass is 19.4. The number of nitrogens with one attached hydrogen (secondary N) is 1. The molecule has 0 atom stereocenters. The Morgan fingerprint density at radius 1 is 1.17 bits per heavy atom. The average Bonchev–Trinajstić information content (AvgIpc) is 2.28. The molecule has 1 aliphatic carbocycles. The standard InChI is InChI=1S/C11H15F3N4/c12-11(13,14)8-6-9(18-10(15)17-8)16-7-4-2-1-3-5-7/h6-7H,1-5H2,(H3,15,16,17,18). The summed E-state index contributed by atoms with van der Waals surface area (Å²) in [7, 11) is 0. The second-order valence-corrected chi connectivity index (χ2v) is 4.47. The quantitative estimate of drug-likeness (QED) is 0.858. The third-order valence-electron chi connectivity index (χ3n) is 2.99. The molecule has 1 heterocycles. The van der Waals surface area contributed by atoms with E-state index >= 15 is 0 Å². The highest BCUT2D eigenvalue weighted by Crippen LogP contribution is 2.30. The monoisotopic (exact) mass is 260 g/mol. The maximum absolute atomic E-state index is 12.6. The van der Waals surface area contributed by atoms with Crippen LogP contribution in [0.5, 0.6) is 0 Å². The van der Waals surface area contributed by atoms with Crippen LogP contribution in [0, 0.1) is 0 Å². The number of aromatic nitrogens is 2. The van der Waals surface area contributed by atoms with Crippen molar-refractivity contribution in [3.05, 3.63) is 11.8 Å². The second-order valence-electron chi connectivity index (χ2n) is 4.47. The lowest BCUT2D eigenvalue weighted by atomic mass is 9.95. The average molecular weight is 260 g/mol. The zero-order valence-corrected chi connectivity index (χ0v) is 9.80. The largest absolute Gasteiger partial charge is 0.433 e. The van der Waals surface area contributed by atoms with E-state index in [2.05, 4.69) is 15.3 Å². The molecular weight excluding hydrogens is 245 g/mol. The highest BCUT2D eigenvalue weighted by Gasteiger charge is 2.33. The van der Waals surface area contributed by atoms with Gasteiger partial charge in [0, 0.05) is 12.1 Å². The minimum atomic E-state index is -4.50. The Balaban J connectivity index is 2.14. The molecule has 0 unspecified atom stereocenters. The van der Waals surface area contributed by atoms with Gasteiger partial charge in [0.25, 0.3) is 0 Å². The lowest BCUT2D eigenvalue weighted by Gasteiger charge is -2.23. The maximum Gasteiger partial charge on any atom is 0.433 e. The van der Waals surface area contributed by atoms with E-state index in [0.29, 0.717) is 0 Å². The van der Waals surface area contributed by atoms with Gasteiger partial charge in [-0.05, 0) is 12.8 Å². The molecule has 1 saturated carbocycles. The van der Waals surface area contributed by atoms with E-state index in [-0.39, 0.29) is 17.8 Å². The van der Waals surface area contributed by atoms with E-state index in [1.165, 1.54) is 6.42 Å². The highest BCUT2D eigenvalue weighted by molar-refractivity contribution is 5.42. The van der Waals surface area contributed by atoms with Crippen molar-refractivity contribution in [1.29, 1.82) is 0 Å². The number of anilines is 2. The van der Waals surface area contributed by atoms with Crippen molar-refractivity contribution in [2.75, 3.05) is 11.1 Å². The Morgan fingerprint density at radius 2 is 1.83 bits per heavy atom. The van der Waals surface area contributed by atoms with Crippen LogP contribution in [0.15, 0.2) is 6.07 Å². The molecule has 100 valence electrons. The summed E-state index contributed by atoms with van der Waals surface area (Å²) in [4.78, 5) is 7.00. The van der Waals surface area contributed by atoms with Crippen molar-refractivity contribution >= 4 is 11.8 Å². The van der Waals surface area contributed by atoms with Crippen molar-refractivity contribution in [3.63, 3.8) is 0 Å². The fraction of sp³-hybridized carbons (Fsp3) is 0.636. The van der Waals surface area contributed by atoms with Crippen LogP contribution in [0.3, 0.4) is 0 Å². The van der Waals surface area contributed by atoms with Crippen molar-refractivity contribution in [3.8, 4) is 0 Å². The minimum Gasteiger partial charge on any atom is -0.368 e. The summed E-state index contributed by atoms with van der Waals surface area (Å²) in [6.07, 6.45) is 0.753. The number of hydrogen-bond acceptors (Lipinski definition) is 4. The van der Waals surface area contributed by atoms with Crippen LogP contribution in [0.25, 0.3) is 0 Å². The van der Waals surface area contributed by atoms with Gasteiger partial charge in [0.15, 0.2) is 5.69 Å². The second kappa shape index (κ2) is 4.99. The van der Waals surface area contributed by atoms with E-state index in [0.717, 1.165) is 31.7 Å². The Kier molecular flexibility index (Phi) is 3.58. The number of halogens is 3. The molecule has 0 saturated heterocycles. The number of nitrogens with zero attached hydrogens (tertiary/aromatic N) is 2. The Labute approximate surface area is 103 Å². The van der Waals surface area contributed by atoms with Gasteiger partial charge < -0.3 is 11.1 Å². The van der Waals surface area contributed by atoms with Crippen molar-refractivity contribution in [2.24, 2.45) is 0 Å². The number of hydrogen-bond donors (Lipinski definition) is 2. The molecule has 1 aromatic rings. The van der Waals surface area contributed by atoms with Crippen LogP contribution in [-0.4, -0.2) is 16.0 Å². The molecule has 0 aromatic carbocycles. The van der Waals surface area contributed by atoms with E-state index in [1.807, 2.05) is 0 Å². The Morgan fingerprint density at radius 3 is 2.44 bits per heavy atom. The van der Waals surface area contributed by atoms with Crippen LogP contribution in [0.2, 0.25) is 0 Å². The van der Waals surface area contributed by atoms with Gasteiger partial charge in [0.2, 0.25) is 5.95 Å². The summed E-state index contributed by atoms with van der Waals surface area (Å²) in [5.41, 5.74) is 4.29. The fourth-order valence-corrected chi connectivity index (χ4v) is 2.14. The molecule has 0 radical (unpaired) electrons. The molecule has 7 heteroatoms. The van der Waals surface area contributed by atoms with Crippen molar-refractivity contribution < 1.29 is 13.2 Å². The molecule has 18 heavy (non-hydrogen) atoms. The topological polar surface area (TPSA) is 63.8 Å². The molecule has 3 N–H and O–H groups in total. The summed E-state index contributed by atoms with van der Waals surface area (Å²) in [5.74, 6) is -0.204. The first-order valence-corrected chi connectivity index (χ1v) is 5.93. The number of rotatable bonds is 2. The van der Waals surface area contributed by atoms with Gasteiger partial charge >= 0.3 is 6.18 Å². The molecular formula is C11H15F3N4. The fourth-order valence-electron chi connectivity index (χ4n) is 2.14. The summed E-state index contributed by atoms with van der Waals surface area (Å²) in [6, 6.07) is 1.08. The summed E-state index contributed by atoms with van der Waals surface area (Å²) < 4.78 is 37.7. The van der Waals surface area contributed by atoms with Crippen LogP contribution in [-0.2, 0) is 6.18 Å². The lowest BCUT2D eigenvalue weighted by molar-refractivity contribution is -0.141. The first-order chi connectivity index (χ1) is 8.45. The number of nitrogen functional groups attached to an aromatic ring is 1. The molecule has 2 rings (SSSR count). The zero-order valence-electron chi connectivity index (χ0n) is 9.80. The summed E-state index contributed by atoms with van der Waals surface area (Å²) >= 11 is 0. The summed E-state index contributed by atoms with van der Waals surface area (Å²) in [6.45, 7) is 0. The van der Waals surface area contributed by atoms with Crippen LogP contribution < -0.4 is 11.1 Å². The Bertz CT molecular complexity index is 413. The van der Waals surface area contributed by atoms with Gasteiger partial charge in [0.05, 0.1) is 0 Å². The normalized spacial score (nSPS) is 17.7. The third-order valence-corrected chi connectivity index (χ3v) is 2.99. The number of alkyl halides is 3. The van der Waals surface area contributed by atoms with Gasteiger partial charge in [-0.2, -0.15) is 18.2 Å². The molecule has 0 aliphatic heterocycles. The van der Waals surface area contributed by atoms with E-state index in [4.69, 9.17) is 5.73 Å². The first kappa shape index (κ1) is 12.9. The van der Waals surface area contributed by atoms with Crippen molar-refractivity contribution in [1.82, 2.24) is 9.97 Å². The molecule has 1 aromatic heterocycles. The van der Waals surface area contributed by atoms with E-state index in [9.17, 15) is 13.2 Å². The van der Waals surface area contributed by atoms with Gasteiger partial charge in [0.1, 0.15) is 5.82 Å². The van der Waals surface area contributed by atoms with Crippen LogP contribution in [0.4, 0.5) is 24.9 Å². The lowest BCUT2D eigenvalue weighted by Crippen LogP contribution is -2.23. The first-order valence-electron chi connectivity index (χ1n) is 5.93. The van der Waals surface area contributed by atoms with Crippen molar-refractivity contribution in [2.45, 2.75) is 44.3 Å². The molecule has 4 nitrogen and oxygen atoms in total. The predicted molar refractivity (Wildman–Crippen MR) is 61.9 cm³/mol. The van der Waals surface area contributed by atoms with Gasteiger partial charge in [-0.25, -0.2) is 4.98 Å². The molecule has 1 fully saturated rings. The smallest absolute Gasteiger partial charge is 0.368 e. The molecule has 0 amide bonds. The molecule has 0 bridgehead atoms. The predicted octanol–water partition coefficient (Wildman–Crippen LogP) is 2.82. The van der Waals surface area contributed by atoms with Gasteiger partial charge in [-0.15, -0.1) is 0 Å². The van der Waals surface area contributed by atoms with E-state index in [1.54, 1.807) is 0 Å². The molecule has 1 aliphatic rings. The third kappa shape index (κ3) is 3.24.